The number of nitrogens with zero attached hydrogens (tertiary/aromatic N) is 1. The summed E-state index contributed by atoms with van der Waals surface area (Å²) in [4.78, 5) is 4.34. The van der Waals surface area contributed by atoms with Gasteiger partial charge in [0.25, 0.3) is 0 Å². The summed E-state index contributed by atoms with van der Waals surface area (Å²) in [7, 11) is -3.35. The topological polar surface area (TPSA) is 123 Å². The van der Waals surface area contributed by atoms with Crippen LogP contribution >= 0.6 is 23.2 Å². The van der Waals surface area contributed by atoms with E-state index >= 15 is 0 Å². The Kier molecular flexibility index (Phi) is 5.13. The van der Waals surface area contributed by atoms with E-state index in [1.54, 1.807) is 50.2 Å². The highest BCUT2D eigenvalue weighted by molar-refractivity contribution is 7.92. The molecule has 3 rings (SSSR count). The van der Waals surface area contributed by atoms with Crippen LogP contribution in [0.1, 0.15) is 19.4 Å². The summed E-state index contributed by atoms with van der Waals surface area (Å²) in [6, 6.07) is 9.71. The summed E-state index contributed by atoms with van der Waals surface area (Å²) in [5.74, 6) is -1.14. The van der Waals surface area contributed by atoms with Gasteiger partial charge in [0.1, 0.15) is 0 Å². The van der Waals surface area contributed by atoms with Gasteiger partial charge in [-0.05, 0) is 43.7 Å². The molecule has 0 aliphatic carbocycles. The molecule has 1 aliphatic heterocycles. The maximum Gasteiger partial charge on any atom is 0.209 e. The Morgan fingerprint density at radius 3 is 2.11 bits per heavy atom. The Balaban J connectivity index is 2.01. The van der Waals surface area contributed by atoms with Gasteiger partial charge in [-0.1, -0.05) is 35.3 Å². The Morgan fingerprint density at radius 1 is 1.11 bits per heavy atom. The first-order valence-electron chi connectivity index (χ1n) is 8.06. The first kappa shape index (κ1) is 19.9. The van der Waals surface area contributed by atoms with Gasteiger partial charge in [0, 0.05) is 11.1 Å². The van der Waals surface area contributed by atoms with Crippen LogP contribution in [0.3, 0.4) is 0 Å². The molecule has 10 heteroatoms. The first-order chi connectivity index (χ1) is 12.5. The molecule has 2 aromatic carbocycles. The lowest BCUT2D eigenvalue weighted by Gasteiger charge is -2.22. The molecule has 1 aliphatic rings. The number of aliphatic imine (C=N–C) groups is 1. The molecule has 0 bridgehead atoms. The minimum absolute atomic E-state index is 0.149. The lowest BCUT2D eigenvalue weighted by molar-refractivity contribution is 0.375. The Labute approximate surface area is 167 Å². The minimum atomic E-state index is -3.35. The highest BCUT2D eigenvalue weighted by Gasteiger charge is 2.32. The summed E-state index contributed by atoms with van der Waals surface area (Å²) in [6.45, 7) is 3.28. The quantitative estimate of drug-likeness (QED) is 0.593. The van der Waals surface area contributed by atoms with Gasteiger partial charge < -0.3 is 5.73 Å². The third-order valence-electron chi connectivity index (χ3n) is 4.25. The summed E-state index contributed by atoms with van der Waals surface area (Å²) in [5, 5.41) is 0.199. The number of halogens is 2. The van der Waals surface area contributed by atoms with Crippen LogP contribution in [-0.2, 0) is 15.6 Å². The lowest BCUT2D eigenvalue weighted by Crippen LogP contribution is -2.50. The average Bonchev–Trinajstić information content (AvgIpc) is 2.95. The number of benzene rings is 2. The second kappa shape index (κ2) is 6.96. The first-order valence-corrected chi connectivity index (χ1v) is 10.4. The number of hydrazine groups is 1. The van der Waals surface area contributed by atoms with Crippen LogP contribution in [0.4, 0.5) is 0 Å². The highest BCUT2D eigenvalue weighted by Crippen LogP contribution is 2.38. The predicted molar refractivity (Wildman–Crippen MR) is 108 cm³/mol. The molecular formula is C17H19Cl2N5O2S. The van der Waals surface area contributed by atoms with Gasteiger partial charge in [0.15, 0.2) is 9.84 Å². The fraction of sp³-hybridized carbons (Fsp3) is 0.235. The summed E-state index contributed by atoms with van der Waals surface area (Å²) in [5.41, 5.74) is 18.9. The number of rotatable bonds is 4. The fourth-order valence-electron chi connectivity index (χ4n) is 2.69. The van der Waals surface area contributed by atoms with Crippen LogP contribution in [0, 0.1) is 0 Å². The van der Waals surface area contributed by atoms with E-state index in [4.69, 9.17) is 34.7 Å². The van der Waals surface area contributed by atoms with Gasteiger partial charge >= 0.3 is 0 Å². The standard InChI is InChI=1S/C17H19Cl2N5O2S/c1-9(2)27(25,26)12-5-3-10(4-6-12)15-13(18)7-11(8-14(15)19)17(21)22-16(20)23-24-17/h3-9,24H,21H2,1-2H3,(H3,20,22,23). The maximum absolute atomic E-state index is 12.3. The minimum Gasteiger partial charge on any atom is -0.369 e. The zero-order valence-corrected chi connectivity index (χ0v) is 17.0. The zero-order valence-electron chi connectivity index (χ0n) is 14.6. The molecule has 7 nitrogen and oxygen atoms in total. The number of sulfone groups is 1. The van der Waals surface area contributed by atoms with E-state index in [1.807, 2.05) is 0 Å². The molecular weight excluding hydrogens is 409 g/mol. The molecule has 1 heterocycles. The number of guanidine groups is 1. The van der Waals surface area contributed by atoms with E-state index in [0.29, 0.717) is 26.7 Å². The van der Waals surface area contributed by atoms with Crippen LogP contribution in [0.25, 0.3) is 11.1 Å². The maximum atomic E-state index is 12.3. The Morgan fingerprint density at radius 2 is 1.67 bits per heavy atom. The van der Waals surface area contributed by atoms with Crippen molar-refractivity contribution in [2.75, 3.05) is 0 Å². The molecule has 0 saturated heterocycles. The molecule has 144 valence electrons. The molecule has 1 unspecified atom stereocenters. The van der Waals surface area contributed by atoms with Gasteiger partial charge in [-0.2, -0.15) is 5.43 Å². The smallest absolute Gasteiger partial charge is 0.209 e. The van der Waals surface area contributed by atoms with Crippen molar-refractivity contribution < 1.29 is 8.42 Å². The second-order valence-electron chi connectivity index (χ2n) is 6.45. The second-order valence-corrected chi connectivity index (χ2v) is 9.77. The van der Waals surface area contributed by atoms with E-state index in [2.05, 4.69) is 15.8 Å². The van der Waals surface area contributed by atoms with Crippen molar-refractivity contribution >= 4 is 39.0 Å². The Hall–Kier alpha value is -1.84. The third-order valence-corrected chi connectivity index (χ3v) is 7.02. The van der Waals surface area contributed by atoms with Gasteiger partial charge in [0.05, 0.1) is 20.2 Å². The normalized spacial score (nSPS) is 19.9. The highest BCUT2D eigenvalue weighted by atomic mass is 35.5. The Bertz CT molecular complexity index is 999. The van der Waals surface area contributed by atoms with Crippen molar-refractivity contribution in [3.05, 3.63) is 52.0 Å². The van der Waals surface area contributed by atoms with E-state index in [1.165, 1.54) is 0 Å². The number of nitrogens with two attached hydrogens (primary N) is 2. The van der Waals surface area contributed by atoms with Gasteiger partial charge in [-0.3, -0.25) is 11.2 Å². The monoisotopic (exact) mass is 427 g/mol. The molecule has 2 aromatic rings. The molecule has 0 fully saturated rings. The van der Waals surface area contributed by atoms with Crippen molar-refractivity contribution in [2.24, 2.45) is 16.5 Å². The van der Waals surface area contributed by atoms with Gasteiger partial charge in [0.2, 0.25) is 11.7 Å². The molecule has 0 spiro atoms. The van der Waals surface area contributed by atoms with Crippen LogP contribution in [-0.4, -0.2) is 19.6 Å². The molecule has 6 N–H and O–H groups in total. The number of nitrogens with one attached hydrogen (secondary N) is 2. The largest absolute Gasteiger partial charge is 0.369 e. The van der Waals surface area contributed by atoms with Crippen LogP contribution in [0.2, 0.25) is 10.0 Å². The number of hydrogen-bond donors (Lipinski definition) is 4. The average molecular weight is 428 g/mol. The predicted octanol–water partition coefficient (Wildman–Crippen LogP) is 2.33. The summed E-state index contributed by atoms with van der Waals surface area (Å²) < 4.78 is 24.5. The molecule has 0 amide bonds. The summed E-state index contributed by atoms with van der Waals surface area (Å²) in [6.07, 6.45) is 0. The molecule has 0 saturated carbocycles. The van der Waals surface area contributed by atoms with E-state index in [9.17, 15) is 8.42 Å². The third kappa shape index (κ3) is 3.63. The van der Waals surface area contributed by atoms with Gasteiger partial charge in [-0.15, -0.1) is 0 Å². The SMILES string of the molecule is CC(C)S(=O)(=O)c1ccc(-c2c(Cl)cc(C3(N)N=C(N)NN3)cc2Cl)cc1. The van der Waals surface area contributed by atoms with Crippen molar-refractivity contribution in [1.29, 1.82) is 0 Å². The molecule has 0 aromatic heterocycles. The number of hydrogen-bond acceptors (Lipinski definition) is 7. The van der Waals surface area contributed by atoms with E-state index < -0.39 is 20.9 Å². The van der Waals surface area contributed by atoms with Crippen LogP contribution in [0.5, 0.6) is 0 Å². The molecule has 1 atom stereocenters. The molecule has 27 heavy (non-hydrogen) atoms. The van der Waals surface area contributed by atoms with Crippen LogP contribution < -0.4 is 22.3 Å². The zero-order chi connectivity index (χ0) is 20.0. The van der Waals surface area contributed by atoms with Crippen molar-refractivity contribution in [1.82, 2.24) is 10.9 Å². The van der Waals surface area contributed by atoms with Crippen molar-refractivity contribution in [3.8, 4) is 11.1 Å². The van der Waals surface area contributed by atoms with E-state index in [0.717, 1.165) is 0 Å². The van der Waals surface area contributed by atoms with Crippen molar-refractivity contribution in [2.45, 2.75) is 29.8 Å². The summed E-state index contributed by atoms with van der Waals surface area (Å²) >= 11 is 12.9. The fourth-order valence-corrected chi connectivity index (χ4v) is 4.46. The van der Waals surface area contributed by atoms with E-state index in [-0.39, 0.29) is 10.9 Å². The van der Waals surface area contributed by atoms with Gasteiger partial charge in [-0.25, -0.2) is 13.4 Å². The molecule has 0 radical (unpaired) electrons. The lowest BCUT2D eigenvalue weighted by atomic mass is 10.0. The van der Waals surface area contributed by atoms with Crippen LogP contribution in [0.15, 0.2) is 46.3 Å². The van der Waals surface area contributed by atoms with Crippen molar-refractivity contribution in [3.63, 3.8) is 0 Å².